The van der Waals surface area contributed by atoms with E-state index in [2.05, 4.69) is 24.5 Å². The molecule has 0 aliphatic rings. The highest BCUT2D eigenvalue weighted by Gasteiger charge is 2.03. The molecule has 0 rings (SSSR count). The van der Waals surface area contributed by atoms with Gasteiger partial charge in [-0.1, -0.05) is 61.1 Å². The summed E-state index contributed by atoms with van der Waals surface area (Å²) in [6.45, 7) is 5.85. The lowest BCUT2D eigenvalue weighted by Crippen LogP contribution is -2.26. The molecule has 0 aromatic heterocycles. The topological polar surface area (TPSA) is 58.2 Å². The molecule has 0 heterocycles. The number of hydrogen-bond donors (Lipinski definition) is 2. The SMILES string of the molecule is CCCCCNC(=O)CCSSCC(=O)NCCCCC. The molecule has 0 saturated carbocycles. The molecule has 2 amide bonds. The number of nitrogens with one attached hydrogen (secondary N) is 2. The van der Waals surface area contributed by atoms with Gasteiger partial charge in [0.2, 0.25) is 11.8 Å². The third-order valence-electron chi connectivity index (χ3n) is 2.89. The molecule has 21 heavy (non-hydrogen) atoms. The van der Waals surface area contributed by atoms with Crippen molar-refractivity contribution in [3.8, 4) is 0 Å². The van der Waals surface area contributed by atoms with Gasteiger partial charge >= 0.3 is 0 Å². The highest BCUT2D eigenvalue weighted by atomic mass is 33.1. The van der Waals surface area contributed by atoms with Gasteiger partial charge in [0.15, 0.2) is 0 Å². The van der Waals surface area contributed by atoms with Gasteiger partial charge in [0.25, 0.3) is 0 Å². The fourth-order valence-electron chi connectivity index (χ4n) is 1.63. The molecule has 0 aliphatic carbocycles. The zero-order chi connectivity index (χ0) is 15.8. The molecule has 0 unspecified atom stereocenters. The van der Waals surface area contributed by atoms with E-state index in [0.717, 1.165) is 44.5 Å². The molecule has 0 spiro atoms. The first-order chi connectivity index (χ1) is 10.2. The maximum absolute atomic E-state index is 11.5. The Morgan fingerprint density at radius 2 is 1.38 bits per heavy atom. The van der Waals surface area contributed by atoms with Crippen molar-refractivity contribution in [1.29, 1.82) is 0 Å². The van der Waals surface area contributed by atoms with Gasteiger partial charge in [-0.2, -0.15) is 0 Å². The lowest BCUT2D eigenvalue weighted by Gasteiger charge is -2.05. The van der Waals surface area contributed by atoms with Crippen molar-refractivity contribution in [3.05, 3.63) is 0 Å². The van der Waals surface area contributed by atoms with Gasteiger partial charge < -0.3 is 10.6 Å². The first kappa shape index (κ1) is 20.6. The Hall–Kier alpha value is -0.360. The van der Waals surface area contributed by atoms with E-state index in [1.807, 2.05) is 0 Å². The van der Waals surface area contributed by atoms with Gasteiger partial charge in [-0.3, -0.25) is 9.59 Å². The molecule has 124 valence electrons. The smallest absolute Gasteiger partial charge is 0.230 e. The van der Waals surface area contributed by atoms with Crippen LogP contribution in [0.5, 0.6) is 0 Å². The van der Waals surface area contributed by atoms with E-state index < -0.39 is 0 Å². The van der Waals surface area contributed by atoms with E-state index in [1.165, 1.54) is 23.6 Å². The van der Waals surface area contributed by atoms with Crippen molar-refractivity contribution >= 4 is 33.4 Å². The van der Waals surface area contributed by atoms with Crippen molar-refractivity contribution < 1.29 is 9.59 Å². The Morgan fingerprint density at radius 3 is 1.95 bits per heavy atom. The third-order valence-corrected chi connectivity index (χ3v) is 5.16. The second-order valence-corrected chi connectivity index (χ2v) is 7.53. The molecule has 0 aromatic rings. The summed E-state index contributed by atoms with van der Waals surface area (Å²) in [5.41, 5.74) is 0. The van der Waals surface area contributed by atoms with Gasteiger partial charge in [0.1, 0.15) is 0 Å². The minimum atomic E-state index is 0.0904. The van der Waals surface area contributed by atoms with Crippen LogP contribution >= 0.6 is 21.6 Å². The molecule has 6 heteroatoms. The summed E-state index contributed by atoms with van der Waals surface area (Å²) in [4.78, 5) is 23.0. The van der Waals surface area contributed by atoms with Crippen LogP contribution in [0.3, 0.4) is 0 Å². The minimum Gasteiger partial charge on any atom is -0.356 e. The quantitative estimate of drug-likeness (QED) is 0.378. The number of carbonyl (C=O) groups excluding carboxylic acids is 2. The predicted octanol–water partition coefficient (Wildman–Crippen LogP) is 3.37. The second kappa shape index (κ2) is 16.0. The summed E-state index contributed by atoms with van der Waals surface area (Å²) in [6, 6.07) is 0. The standard InChI is InChI=1S/C15H30N2O2S2/c1-3-5-7-10-16-14(18)9-12-20-21-13-15(19)17-11-8-6-4-2/h3-13H2,1-2H3,(H,16,18)(H,17,19). The molecule has 0 aromatic carbocycles. The first-order valence-corrected chi connectivity index (χ1v) is 10.5. The molecule has 0 aliphatic heterocycles. The van der Waals surface area contributed by atoms with Crippen molar-refractivity contribution in [2.24, 2.45) is 0 Å². The minimum absolute atomic E-state index is 0.0904. The maximum Gasteiger partial charge on any atom is 0.230 e. The fourth-order valence-corrected chi connectivity index (χ4v) is 3.49. The predicted molar refractivity (Wildman–Crippen MR) is 94.6 cm³/mol. The van der Waals surface area contributed by atoms with Crippen LogP contribution in [0.25, 0.3) is 0 Å². The van der Waals surface area contributed by atoms with Crippen LogP contribution in [-0.2, 0) is 9.59 Å². The fraction of sp³-hybridized carbons (Fsp3) is 0.867. The van der Waals surface area contributed by atoms with Crippen molar-refractivity contribution in [2.45, 2.75) is 58.8 Å². The molecular weight excluding hydrogens is 304 g/mol. The number of unbranched alkanes of at least 4 members (excludes halogenated alkanes) is 4. The summed E-state index contributed by atoms with van der Waals surface area (Å²) in [5.74, 6) is 1.43. The third kappa shape index (κ3) is 15.8. The zero-order valence-corrected chi connectivity index (χ0v) is 15.0. The molecule has 0 radical (unpaired) electrons. The highest BCUT2D eigenvalue weighted by molar-refractivity contribution is 8.76. The lowest BCUT2D eigenvalue weighted by molar-refractivity contribution is -0.120. The van der Waals surface area contributed by atoms with Crippen LogP contribution in [0.2, 0.25) is 0 Å². The van der Waals surface area contributed by atoms with Gasteiger partial charge in [-0.05, 0) is 12.8 Å². The van der Waals surface area contributed by atoms with Gasteiger partial charge in [0.05, 0.1) is 5.75 Å². The van der Waals surface area contributed by atoms with Crippen LogP contribution < -0.4 is 10.6 Å². The number of hydrogen-bond acceptors (Lipinski definition) is 4. The Balaban J connectivity index is 3.30. The summed E-state index contributed by atoms with van der Waals surface area (Å²) in [7, 11) is 3.12. The molecule has 4 nitrogen and oxygen atoms in total. The summed E-state index contributed by atoms with van der Waals surface area (Å²) < 4.78 is 0. The van der Waals surface area contributed by atoms with Crippen molar-refractivity contribution in [3.63, 3.8) is 0 Å². The Bertz CT molecular complexity index is 250. The number of rotatable bonds is 14. The molecular formula is C15H30N2O2S2. The first-order valence-electron chi connectivity index (χ1n) is 7.98. The van der Waals surface area contributed by atoms with E-state index >= 15 is 0 Å². The van der Waals surface area contributed by atoms with Crippen LogP contribution in [0.15, 0.2) is 0 Å². The largest absolute Gasteiger partial charge is 0.356 e. The number of amides is 2. The normalized spacial score (nSPS) is 10.4. The monoisotopic (exact) mass is 334 g/mol. The second-order valence-electron chi connectivity index (χ2n) is 4.95. The van der Waals surface area contributed by atoms with E-state index in [1.54, 1.807) is 10.8 Å². The Kier molecular flexibility index (Phi) is 15.7. The Morgan fingerprint density at radius 1 is 0.810 bits per heavy atom. The summed E-state index contributed by atoms with van der Waals surface area (Å²) >= 11 is 0. The van der Waals surface area contributed by atoms with Gasteiger partial charge in [-0.15, -0.1) is 0 Å². The molecule has 0 bridgehead atoms. The molecule has 0 saturated heterocycles. The lowest BCUT2D eigenvalue weighted by atomic mass is 10.2. The summed E-state index contributed by atoms with van der Waals surface area (Å²) in [6.07, 6.45) is 7.31. The van der Waals surface area contributed by atoms with Crippen LogP contribution in [0, 0.1) is 0 Å². The van der Waals surface area contributed by atoms with E-state index in [0.29, 0.717) is 12.2 Å². The van der Waals surface area contributed by atoms with Gasteiger partial charge in [0, 0.05) is 25.3 Å². The van der Waals surface area contributed by atoms with Gasteiger partial charge in [-0.25, -0.2) is 0 Å². The highest BCUT2D eigenvalue weighted by Crippen LogP contribution is 2.21. The Labute approximate surface area is 137 Å². The number of carbonyl (C=O) groups is 2. The maximum atomic E-state index is 11.5. The van der Waals surface area contributed by atoms with Crippen LogP contribution in [-0.4, -0.2) is 36.4 Å². The molecule has 0 fully saturated rings. The average Bonchev–Trinajstić information content (AvgIpc) is 2.48. The summed E-state index contributed by atoms with van der Waals surface area (Å²) in [5, 5.41) is 5.82. The van der Waals surface area contributed by atoms with Crippen LogP contribution in [0.4, 0.5) is 0 Å². The van der Waals surface area contributed by atoms with E-state index in [-0.39, 0.29) is 11.8 Å². The zero-order valence-electron chi connectivity index (χ0n) is 13.4. The molecule has 0 atom stereocenters. The molecule has 2 N–H and O–H groups in total. The van der Waals surface area contributed by atoms with Crippen molar-refractivity contribution in [2.75, 3.05) is 24.6 Å². The van der Waals surface area contributed by atoms with E-state index in [9.17, 15) is 9.59 Å². The average molecular weight is 335 g/mol. The van der Waals surface area contributed by atoms with Crippen molar-refractivity contribution in [1.82, 2.24) is 10.6 Å². The van der Waals surface area contributed by atoms with E-state index in [4.69, 9.17) is 0 Å². The van der Waals surface area contributed by atoms with Crippen LogP contribution in [0.1, 0.15) is 58.8 Å².